The van der Waals surface area contributed by atoms with E-state index in [1.165, 1.54) is 12.1 Å². The van der Waals surface area contributed by atoms with Gasteiger partial charge in [0, 0.05) is 31.7 Å². The SMILES string of the molecule is CCCC(CCC)(CNCCOC)c1cc(F)cc(F)c1. The lowest BCUT2D eigenvalue weighted by atomic mass is 9.73. The van der Waals surface area contributed by atoms with Crippen LogP contribution < -0.4 is 5.32 Å². The molecule has 0 spiro atoms. The summed E-state index contributed by atoms with van der Waals surface area (Å²) in [4.78, 5) is 0. The molecule has 0 heterocycles. The van der Waals surface area contributed by atoms with Crippen molar-refractivity contribution in [3.63, 3.8) is 0 Å². The molecule has 1 aromatic carbocycles. The van der Waals surface area contributed by atoms with E-state index in [0.717, 1.165) is 43.9 Å². The molecule has 0 fully saturated rings. The van der Waals surface area contributed by atoms with Gasteiger partial charge < -0.3 is 10.1 Å². The van der Waals surface area contributed by atoms with Crippen LogP contribution in [0.25, 0.3) is 0 Å². The quantitative estimate of drug-likeness (QED) is 0.658. The molecule has 0 aliphatic rings. The fraction of sp³-hybridized carbons (Fsp3) is 0.647. The predicted molar refractivity (Wildman–Crippen MR) is 82.6 cm³/mol. The van der Waals surface area contributed by atoms with Crippen LogP contribution in [0.4, 0.5) is 8.78 Å². The van der Waals surface area contributed by atoms with Crippen LogP contribution in [-0.2, 0) is 10.2 Å². The van der Waals surface area contributed by atoms with E-state index < -0.39 is 11.6 Å². The minimum atomic E-state index is -0.501. The summed E-state index contributed by atoms with van der Waals surface area (Å²) in [6.45, 7) is 6.29. The Balaban J connectivity index is 3.02. The first-order valence-electron chi connectivity index (χ1n) is 7.74. The highest BCUT2D eigenvalue weighted by molar-refractivity contribution is 5.28. The van der Waals surface area contributed by atoms with E-state index in [9.17, 15) is 8.78 Å². The topological polar surface area (TPSA) is 21.3 Å². The molecule has 4 heteroatoms. The van der Waals surface area contributed by atoms with Crippen LogP contribution in [0, 0.1) is 11.6 Å². The predicted octanol–water partition coefficient (Wildman–Crippen LogP) is 4.04. The van der Waals surface area contributed by atoms with Crippen molar-refractivity contribution in [1.82, 2.24) is 5.32 Å². The molecule has 0 aliphatic carbocycles. The molecule has 1 rings (SSSR count). The van der Waals surface area contributed by atoms with Gasteiger partial charge in [-0.3, -0.25) is 0 Å². The Morgan fingerprint density at radius 3 is 2.10 bits per heavy atom. The number of nitrogens with one attached hydrogen (secondary N) is 1. The van der Waals surface area contributed by atoms with E-state index >= 15 is 0 Å². The standard InChI is InChI=1S/C17H27F2NO/c1-4-6-17(7-5-2,13-20-8-9-21-3)14-10-15(18)12-16(19)11-14/h10-12,20H,4-9,13H2,1-3H3. The summed E-state index contributed by atoms with van der Waals surface area (Å²) >= 11 is 0. The van der Waals surface area contributed by atoms with Gasteiger partial charge in [0.25, 0.3) is 0 Å². The number of hydrogen-bond donors (Lipinski definition) is 1. The molecular weight excluding hydrogens is 272 g/mol. The molecule has 21 heavy (non-hydrogen) atoms. The first-order chi connectivity index (χ1) is 10.1. The van der Waals surface area contributed by atoms with Crippen LogP contribution in [0.15, 0.2) is 18.2 Å². The van der Waals surface area contributed by atoms with Gasteiger partial charge in [-0.25, -0.2) is 8.78 Å². The molecule has 0 aromatic heterocycles. The maximum Gasteiger partial charge on any atom is 0.126 e. The van der Waals surface area contributed by atoms with Crippen molar-refractivity contribution >= 4 is 0 Å². The molecule has 0 amide bonds. The van der Waals surface area contributed by atoms with Crippen LogP contribution in [-0.4, -0.2) is 26.8 Å². The normalized spacial score (nSPS) is 11.9. The Bertz CT molecular complexity index is 397. The monoisotopic (exact) mass is 299 g/mol. The highest BCUT2D eigenvalue weighted by atomic mass is 19.1. The number of benzene rings is 1. The summed E-state index contributed by atoms with van der Waals surface area (Å²) in [6.07, 6.45) is 3.77. The first kappa shape index (κ1) is 18.1. The van der Waals surface area contributed by atoms with Crippen molar-refractivity contribution in [3.05, 3.63) is 35.4 Å². The fourth-order valence-electron chi connectivity index (χ4n) is 3.01. The second-order valence-electron chi connectivity index (χ2n) is 5.61. The number of ether oxygens (including phenoxy) is 1. The van der Waals surface area contributed by atoms with Gasteiger partial charge in [0.15, 0.2) is 0 Å². The van der Waals surface area contributed by atoms with Gasteiger partial charge in [-0.2, -0.15) is 0 Å². The maximum absolute atomic E-state index is 13.6. The molecule has 0 atom stereocenters. The Labute approximate surface area is 126 Å². The van der Waals surface area contributed by atoms with Gasteiger partial charge in [0.05, 0.1) is 6.61 Å². The largest absolute Gasteiger partial charge is 0.383 e. The van der Waals surface area contributed by atoms with Crippen molar-refractivity contribution in [1.29, 1.82) is 0 Å². The molecular formula is C17H27F2NO. The summed E-state index contributed by atoms with van der Waals surface area (Å²) in [6, 6.07) is 3.89. The van der Waals surface area contributed by atoms with E-state index in [4.69, 9.17) is 4.74 Å². The van der Waals surface area contributed by atoms with Crippen molar-refractivity contribution in [2.24, 2.45) is 0 Å². The van der Waals surface area contributed by atoms with Gasteiger partial charge in [0.1, 0.15) is 11.6 Å². The van der Waals surface area contributed by atoms with E-state index in [2.05, 4.69) is 19.2 Å². The van der Waals surface area contributed by atoms with E-state index in [1.54, 1.807) is 7.11 Å². The minimum Gasteiger partial charge on any atom is -0.383 e. The highest BCUT2D eigenvalue weighted by Crippen LogP contribution is 2.34. The zero-order valence-corrected chi connectivity index (χ0v) is 13.3. The molecule has 0 bridgehead atoms. The maximum atomic E-state index is 13.6. The van der Waals surface area contributed by atoms with Crippen LogP contribution >= 0.6 is 0 Å². The first-order valence-corrected chi connectivity index (χ1v) is 7.74. The third-order valence-corrected chi connectivity index (χ3v) is 3.88. The Morgan fingerprint density at radius 1 is 1.05 bits per heavy atom. The second kappa shape index (κ2) is 9.11. The van der Waals surface area contributed by atoms with Crippen molar-refractivity contribution in [3.8, 4) is 0 Å². The summed E-state index contributed by atoms with van der Waals surface area (Å²) < 4.78 is 32.2. The molecule has 1 aromatic rings. The van der Waals surface area contributed by atoms with Gasteiger partial charge in [-0.05, 0) is 30.5 Å². The summed E-state index contributed by atoms with van der Waals surface area (Å²) in [7, 11) is 1.66. The number of rotatable bonds is 10. The van der Waals surface area contributed by atoms with Crippen LogP contribution in [0.2, 0.25) is 0 Å². The molecule has 0 saturated carbocycles. The third-order valence-electron chi connectivity index (χ3n) is 3.88. The molecule has 120 valence electrons. The van der Waals surface area contributed by atoms with Gasteiger partial charge in [-0.15, -0.1) is 0 Å². The fourth-order valence-corrected chi connectivity index (χ4v) is 3.01. The van der Waals surface area contributed by atoms with Crippen LogP contribution in [0.5, 0.6) is 0 Å². The molecule has 0 radical (unpaired) electrons. The van der Waals surface area contributed by atoms with E-state index in [1.807, 2.05) is 0 Å². The number of halogens is 2. The molecule has 0 unspecified atom stereocenters. The zero-order valence-electron chi connectivity index (χ0n) is 13.3. The summed E-state index contributed by atoms with van der Waals surface area (Å²) in [5.41, 5.74) is 0.536. The Kier molecular flexibility index (Phi) is 7.83. The van der Waals surface area contributed by atoms with Gasteiger partial charge in [0.2, 0.25) is 0 Å². The summed E-state index contributed by atoms with van der Waals surface area (Å²) in [5, 5.41) is 3.36. The van der Waals surface area contributed by atoms with Crippen molar-refractivity contribution in [2.45, 2.75) is 44.9 Å². The van der Waals surface area contributed by atoms with Gasteiger partial charge >= 0.3 is 0 Å². The molecule has 0 saturated heterocycles. The third kappa shape index (κ3) is 5.36. The number of methoxy groups -OCH3 is 1. The zero-order chi connectivity index (χ0) is 15.7. The Morgan fingerprint density at radius 2 is 1.62 bits per heavy atom. The van der Waals surface area contributed by atoms with Crippen LogP contribution in [0.1, 0.15) is 45.1 Å². The average molecular weight is 299 g/mol. The highest BCUT2D eigenvalue weighted by Gasteiger charge is 2.31. The molecule has 2 nitrogen and oxygen atoms in total. The molecule has 1 N–H and O–H groups in total. The lowest BCUT2D eigenvalue weighted by Crippen LogP contribution is -2.39. The molecule has 0 aliphatic heterocycles. The minimum absolute atomic E-state index is 0.222. The summed E-state index contributed by atoms with van der Waals surface area (Å²) in [5.74, 6) is -1.00. The van der Waals surface area contributed by atoms with E-state index in [-0.39, 0.29) is 5.41 Å². The van der Waals surface area contributed by atoms with Crippen LogP contribution in [0.3, 0.4) is 0 Å². The van der Waals surface area contributed by atoms with Crippen molar-refractivity contribution < 1.29 is 13.5 Å². The average Bonchev–Trinajstić information content (AvgIpc) is 2.43. The van der Waals surface area contributed by atoms with Crippen molar-refractivity contribution in [2.75, 3.05) is 26.8 Å². The van der Waals surface area contributed by atoms with E-state index in [0.29, 0.717) is 13.2 Å². The second-order valence-corrected chi connectivity index (χ2v) is 5.61. The lowest BCUT2D eigenvalue weighted by Gasteiger charge is -2.35. The number of hydrogen-bond acceptors (Lipinski definition) is 2. The van der Waals surface area contributed by atoms with Gasteiger partial charge in [-0.1, -0.05) is 26.7 Å². The smallest absolute Gasteiger partial charge is 0.126 e. The lowest BCUT2D eigenvalue weighted by molar-refractivity contribution is 0.194. The Hall–Kier alpha value is -1.00.